The van der Waals surface area contributed by atoms with Crippen LogP contribution in [0.4, 0.5) is 0 Å². The van der Waals surface area contributed by atoms with E-state index in [1.54, 1.807) is 6.92 Å². The number of nitrogens with one attached hydrogen (secondary N) is 1. The molecule has 3 rings (SSSR count). The lowest BCUT2D eigenvalue weighted by Crippen LogP contribution is -2.42. The van der Waals surface area contributed by atoms with Gasteiger partial charge in [-0.05, 0) is 48.8 Å². The lowest BCUT2D eigenvalue weighted by Gasteiger charge is -2.32. The molecule has 0 spiro atoms. The molecule has 2 amide bonds. The highest BCUT2D eigenvalue weighted by molar-refractivity contribution is 9.10. The minimum Gasteiger partial charge on any atom is -0.356 e. The van der Waals surface area contributed by atoms with E-state index in [0.717, 1.165) is 43.4 Å². The smallest absolute Gasteiger partial charge is 0.226 e. The summed E-state index contributed by atoms with van der Waals surface area (Å²) in [4.78, 5) is 25.6. The molecule has 1 aromatic carbocycles. The number of piperidine rings is 1. The number of nitrogens with zero attached hydrogens (tertiary/aromatic N) is 1. The van der Waals surface area contributed by atoms with Crippen LogP contribution >= 0.6 is 15.9 Å². The van der Waals surface area contributed by atoms with E-state index in [0.29, 0.717) is 17.7 Å². The topological polar surface area (TPSA) is 49.4 Å². The number of rotatable bonds is 4. The van der Waals surface area contributed by atoms with E-state index in [4.69, 9.17) is 0 Å². The quantitative estimate of drug-likeness (QED) is 0.875. The molecule has 4 nitrogen and oxygen atoms in total. The van der Waals surface area contributed by atoms with Crippen LogP contribution in [0.1, 0.15) is 37.7 Å². The van der Waals surface area contributed by atoms with E-state index in [2.05, 4.69) is 33.4 Å². The van der Waals surface area contributed by atoms with Crippen LogP contribution < -0.4 is 5.32 Å². The Morgan fingerprint density at radius 1 is 1.22 bits per heavy atom. The van der Waals surface area contributed by atoms with Crippen LogP contribution in [0.5, 0.6) is 0 Å². The van der Waals surface area contributed by atoms with E-state index in [1.807, 2.05) is 17.0 Å². The summed E-state index contributed by atoms with van der Waals surface area (Å²) in [5, 5.41) is 2.88. The fraction of sp³-hybridized carbons (Fsp3) is 0.556. The second kappa shape index (κ2) is 7.04. The molecule has 2 atom stereocenters. The lowest BCUT2D eigenvalue weighted by atomic mass is 9.96. The molecule has 124 valence electrons. The van der Waals surface area contributed by atoms with E-state index >= 15 is 0 Å². The van der Waals surface area contributed by atoms with Crippen molar-refractivity contribution >= 4 is 27.7 Å². The third kappa shape index (κ3) is 4.14. The Bertz CT molecular complexity index is 579. The molecule has 5 heteroatoms. The highest BCUT2D eigenvalue weighted by Crippen LogP contribution is 2.48. The molecule has 2 aliphatic rings. The molecule has 0 radical (unpaired) electrons. The summed E-state index contributed by atoms with van der Waals surface area (Å²) in [6.45, 7) is 3.94. The third-order valence-electron chi connectivity index (χ3n) is 4.97. The van der Waals surface area contributed by atoms with Crippen molar-refractivity contribution in [1.29, 1.82) is 0 Å². The van der Waals surface area contributed by atoms with Gasteiger partial charge in [0, 0.05) is 36.9 Å². The first-order valence-electron chi connectivity index (χ1n) is 8.33. The summed E-state index contributed by atoms with van der Waals surface area (Å²) >= 11 is 3.45. The van der Waals surface area contributed by atoms with Crippen LogP contribution in [0, 0.1) is 11.8 Å². The molecule has 1 aliphatic heterocycles. The summed E-state index contributed by atoms with van der Waals surface area (Å²) in [6, 6.07) is 8.31. The first-order chi connectivity index (χ1) is 11.0. The second-order valence-electron chi connectivity index (χ2n) is 6.71. The molecule has 1 saturated carbocycles. The normalized spacial score (nSPS) is 24.3. The molecule has 0 aromatic heterocycles. The molecule has 1 heterocycles. The van der Waals surface area contributed by atoms with Crippen LogP contribution in [-0.4, -0.2) is 36.3 Å². The molecule has 0 unspecified atom stereocenters. The first kappa shape index (κ1) is 16.5. The van der Waals surface area contributed by atoms with Crippen molar-refractivity contribution in [2.75, 3.05) is 19.6 Å². The zero-order valence-corrected chi connectivity index (χ0v) is 15.0. The van der Waals surface area contributed by atoms with Gasteiger partial charge in [-0.2, -0.15) is 0 Å². The van der Waals surface area contributed by atoms with Gasteiger partial charge < -0.3 is 10.2 Å². The van der Waals surface area contributed by atoms with Crippen LogP contribution in [-0.2, 0) is 9.59 Å². The maximum Gasteiger partial charge on any atom is 0.226 e. The molecular weight excluding hydrogens is 356 g/mol. The van der Waals surface area contributed by atoms with Gasteiger partial charge in [-0.25, -0.2) is 0 Å². The van der Waals surface area contributed by atoms with E-state index in [9.17, 15) is 9.59 Å². The monoisotopic (exact) mass is 378 g/mol. The highest BCUT2D eigenvalue weighted by Gasteiger charge is 2.46. The van der Waals surface area contributed by atoms with Crippen molar-refractivity contribution in [2.24, 2.45) is 11.8 Å². The molecular formula is C18H23BrN2O2. The molecule has 1 saturated heterocycles. The zero-order valence-electron chi connectivity index (χ0n) is 13.4. The largest absolute Gasteiger partial charge is 0.356 e. The van der Waals surface area contributed by atoms with E-state index < -0.39 is 0 Å². The molecule has 23 heavy (non-hydrogen) atoms. The Morgan fingerprint density at radius 3 is 2.48 bits per heavy atom. The number of hydrogen-bond donors (Lipinski definition) is 1. The van der Waals surface area contributed by atoms with Gasteiger partial charge in [0.15, 0.2) is 0 Å². The Morgan fingerprint density at radius 2 is 1.87 bits per heavy atom. The fourth-order valence-electron chi connectivity index (χ4n) is 3.43. The Kier molecular flexibility index (Phi) is 5.05. The Labute approximate surface area is 145 Å². The maximum absolute atomic E-state index is 12.6. The predicted molar refractivity (Wildman–Crippen MR) is 93.0 cm³/mol. The van der Waals surface area contributed by atoms with E-state index in [1.165, 1.54) is 5.56 Å². The van der Waals surface area contributed by atoms with Crippen LogP contribution in [0.2, 0.25) is 0 Å². The van der Waals surface area contributed by atoms with Crippen molar-refractivity contribution in [3.05, 3.63) is 34.3 Å². The minimum absolute atomic E-state index is 0.0267. The average Bonchev–Trinajstić information content (AvgIpc) is 3.34. The molecule has 2 fully saturated rings. The molecule has 1 N–H and O–H groups in total. The van der Waals surface area contributed by atoms with Gasteiger partial charge in [0.25, 0.3) is 0 Å². The number of carbonyl (C=O) groups is 2. The van der Waals surface area contributed by atoms with Crippen molar-refractivity contribution in [2.45, 2.75) is 32.1 Å². The van der Waals surface area contributed by atoms with E-state index in [-0.39, 0.29) is 11.8 Å². The van der Waals surface area contributed by atoms with Crippen LogP contribution in [0.15, 0.2) is 28.7 Å². The summed E-state index contributed by atoms with van der Waals surface area (Å²) in [6.07, 6.45) is 2.95. The van der Waals surface area contributed by atoms with Crippen LogP contribution in [0.25, 0.3) is 0 Å². The van der Waals surface area contributed by atoms with Gasteiger partial charge in [-0.3, -0.25) is 9.59 Å². The number of halogens is 1. The van der Waals surface area contributed by atoms with Crippen LogP contribution in [0.3, 0.4) is 0 Å². The van der Waals surface area contributed by atoms with Crippen molar-refractivity contribution in [3.8, 4) is 0 Å². The SMILES string of the molecule is CC(=O)NCC1CCN(C(=O)[C@@H]2C[C@H]2c2ccc(Br)cc2)CC1. The highest BCUT2D eigenvalue weighted by atomic mass is 79.9. The first-order valence-corrected chi connectivity index (χ1v) is 9.12. The van der Waals surface area contributed by atoms with Gasteiger partial charge in [0.1, 0.15) is 0 Å². The van der Waals surface area contributed by atoms with Gasteiger partial charge >= 0.3 is 0 Å². The molecule has 1 aliphatic carbocycles. The number of benzene rings is 1. The van der Waals surface area contributed by atoms with Crippen molar-refractivity contribution in [1.82, 2.24) is 10.2 Å². The van der Waals surface area contributed by atoms with Gasteiger partial charge in [0.2, 0.25) is 11.8 Å². The van der Waals surface area contributed by atoms with Crippen molar-refractivity contribution in [3.63, 3.8) is 0 Å². The minimum atomic E-state index is 0.0267. The lowest BCUT2D eigenvalue weighted by molar-refractivity contribution is -0.134. The van der Waals surface area contributed by atoms with Gasteiger partial charge in [-0.1, -0.05) is 28.1 Å². The third-order valence-corrected chi connectivity index (χ3v) is 5.50. The Balaban J connectivity index is 1.47. The summed E-state index contributed by atoms with van der Waals surface area (Å²) in [7, 11) is 0. The summed E-state index contributed by atoms with van der Waals surface area (Å²) < 4.78 is 1.08. The predicted octanol–water partition coefficient (Wildman–Crippen LogP) is 2.93. The van der Waals surface area contributed by atoms with Crippen molar-refractivity contribution < 1.29 is 9.59 Å². The standard InChI is InChI=1S/C18H23BrN2O2/c1-12(22)20-11-13-6-8-21(9-7-13)18(23)17-10-16(17)14-2-4-15(19)5-3-14/h2-5,13,16-17H,6-11H2,1H3,(H,20,22)/t16-,17+/m0/s1. The Hall–Kier alpha value is -1.36. The zero-order chi connectivity index (χ0) is 16.4. The number of amides is 2. The average molecular weight is 379 g/mol. The number of likely N-dealkylation sites (tertiary alicyclic amines) is 1. The molecule has 0 bridgehead atoms. The number of hydrogen-bond acceptors (Lipinski definition) is 2. The fourth-order valence-corrected chi connectivity index (χ4v) is 3.69. The summed E-state index contributed by atoms with van der Waals surface area (Å²) in [5.41, 5.74) is 1.27. The van der Waals surface area contributed by atoms with Gasteiger partial charge in [-0.15, -0.1) is 0 Å². The second-order valence-corrected chi connectivity index (χ2v) is 7.62. The summed E-state index contributed by atoms with van der Waals surface area (Å²) in [5.74, 6) is 1.41. The number of carbonyl (C=O) groups excluding carboxylic acids is 2. The van der Waals surface area contributed by atoms with Gasteiger partial charge in [0.05, 0.1) is 0 Å². The maximum atomic E-state index is 12.6. The molecule has 1 aromatic rings.